The Morgan fingerprint density at radius 3 is 2.11 bits per heavy atom. The highest BCUT2D eigenvalue weighted by Gasteiger charge is 2.34. The molecule has 0 radical (unpaired) electrons. The largest absolute Gasteiger partial charge is 0.507 e. The van der Waals surface area contributed by atoms with Gasteiger partial charge in [-0.25, -0.2) is 0 Å². The van der Waals surface area contributed by atoms with Crippen molar-refractivity contribution in [3.63, 3.8) is 0 Å². The van der Waals surface area contributed by atoms with Crippen molar-refractivity contribution in [1.29, 1.82) is 0 Å². The Kier molecular flexibility index (Phi) is 2.45. The minimum Gasteiger partial charge on any atom is -0.507 e. The molecule has 4 heteroatoms. The number of fused-ring (bicyclic) bond motifs is 1. The first-order valence-electron chi connectivity index (χ1n) is 6.40. The molecule has 0 bridgehead atoms. The molecule has 0 aliphatic carbocycles. The van der Waals surface area contributed by atoms with E-state index in [1.807, 2.05) is 20.8 Å². The van der Waals surface area contributed by atoms with Crippen LogP contribution in [0.25, 0.3) is 0 Å². The van der Waals surface area contributed by atoms with Crippen LogP contribution in [0.2, 0.25) is 0 Å². The van der Waals surface area contributed by atoms with Crippen LogP contribution in [0.15, 0.2) is 9.98 Å². The zero-order chi connectivity index (χ0) is 12.9. The molecule has 1 saturated heterocycles. The van der Waals surface area contributed by atoms with Crippen LogP contribution < -0.4 is 10.7 Å². The Hall–Kier alpha value is -1.42. The van der Waals surface area contributed by atoms with Crippen molar-refractivity contribution >= 4 is 0 Å². The van der Waals surface area contributed by atoms with Gasteiger partial charge in [-0.3, -0.25) is 9.98 Å². The molecule has 1 fully saturated rings. The highest BCUT2D eigenvalue weighted by molar-refractivity contribution is 5.43. The lowest BCUT2D eigenvalue weighted by atomic mass is 10.0. The maximum absolute atomic E-state index is 10.1. The number of phenolic OH excluding ortho intramolecular Hbond substituents is 1. The summed E-state index contributed by atoms with van der Waals surface area (Å²) in [6, 6.07) is 0. The minimum atomic E-state index is -0.337. The van der Waals surface area contributed by atoms with E-state index in [-0.39, 0.29) is 5.66 Å². The number of nitrogens with zero attached hydrogens (tertiary/aromatic N) is 2. The molecule has 2 heterocycles. The van der Waals surface area contributed by atoms with Crippen LogP contribution in [0, 0.1) is 20.8 Å². The van der Waals surface area contributed by atoms with Crippen molar-refractivity contribution in [1.82, 2.24) is 0 Å². The van der Waals surface area contributed by atoms with E-state index in [1.165, 1.54) is 0 Å². The quantitative estimate of drug-likeness (QED) is 0.744. The zero-order valence-electron chi connectivity index (χ0n) is 11.1. The first kappa shape index (κ1) is 11.7. The zero-order valence-corrected chi connectivity index (χ0v) is 11.1. The molecule has 0 unspecified atom stereocenters. The molecule has 2 aliphatic heterocycles. The molecule has 0 saturated carbocycles. The average Bonchev–Trinajstić information content (AvgIpc) is 2.74. The maximum Gasteiger partial charge on any atom is 0.156 e. The van der Waals surface area contributed by atoms with Gasteiger partial charge in [0.25, 0.3) is 0 Å². The molecule has 0 aromatic heterocycles. The Bertz CT molecular complexity index is 579. The van der Waals surface area contributed by atoms with Gasteiger partial charge in [-0.05, 0) is 31.9 Å². The van der Waals surface area contributed by atoms with E-state index in [4.69, 9.17) is 14.7 Å². The summed E-state index contributed by atoms with van der Waals surface area (Å²) in [4.78, 5) is 9.65. The highest BCUT2D eigenvalue weighted by Crippen LogP contribution is 2.29. The lowest BCUT2D eigenvalue weighted by Crippen LogP contribution is -2.31. The smallest absolute Gasteiger partial charge is 0.156 e. The lowest BCUT2D eigenvalue weighted by molar-refractivity contribution is 0.0565. The Balaban J connectivity index is 2.29. The van der Waals surface area contributed by atoms with Crippen LogP contribution in [-0.4, -0.2) is 24.0 Å². The van der Waals surface area contributed by atoms with Crippen LogP contribution in [-0.2, 0) is 4.74 Å². The van der Waals surface area contributed by atoms with Gasteiger partial charge in [0.2, 0.25) is 0 Å². The Labute approximate surface area is 106 Å². The lowest BCUT2D eigenvalue weighted by Gasteiger charge is -2.27. The topological polar surface area (TPSA) is 54.2 Å². The number of hydrogen-bond acceptors (Lipinski definition) is 4. The van der Waals surface area contributed by atoms with Crippen molar-refractivity contribution < 1.29 is 9.84 Å². The number of benzene rings is 1. The SMILES string of the molecule is Cc1c(O)c(C)c2c(c1C)=NC1(CCOCC1)N=2. The van der Waals surface area contributed by atoms with E-state index in [0.29, 0.717) is 19.0 Å². The minimum absolute atomic E-state index is 0.337. The summed E-state index contributed by atoms with van der Waals surface area (Å²) >= 11 is 0. The molecule has 18 heavy (non-hydrogen) atoms. The first-order chi connectivity index (χ1) is 8.54. The van der Waals surface area contributed by atoms with Crippen LogP contribution in [0.1, 0.15) is 29.5 Å². The number of phenols is 1. The molecule has 0 atom stereocenters. The van der Waals surface area contributed by atoms with Crippen LogP contribution in [0.5, 0.6) is 5.75 Å². The van der Waals surface area contributed by atoms with Gasteiger partial charge < -0.3 is 9.84 Å². The van der Waals surface area contributed by atoms with Gasteiger partial charge in [0.15, 0.2) is 5.66 Å². The fraction of sp³-hybridized carbons (Fsp3) is 0.571. The van der Waals surface area contributed by atoms with Gasteiger partial charge in [0.05, 0.1) is 23.9 Å². The van der Waals surface area contributed by atoms with E-state index in [9.17, 15) is 5.11 Å². The second-order valence-corrected chi connectivity index (χ2v) is 5.24. The van der Waals surface area contributed by atoms with Crippen LogP contribution >= 0.6 is 0 Å². The standard InChI is InChI=1S/C14H18N2O2/c1-8-9(2)13(17)10(3)12-11(8)15-14(16-12)4-6-18-7-5-14/h17H,4-7H2,1-3H3. The number of hydrogen-bond donors (Lipinski definition) is 1. The monoisotopic (exact) mass is 246 g/mol. The van der Waals surface area contributed by atoms with Gasteiger partial charge in [-0.2, -0.15) is 0 Å². The van der Waals surface area contributed by atoms with E-state index in [0.717, 1.165) is 40.2 Å². The summed E-state index contributed by atoms with van der Waals surface area (Å²) in [5.74, 6) is 0.356. The van der Waals surface area contributed by atoms with Gasteiger partial charge in [-0.1, -0.05) is 0 Å². The van der Waals surface area contributed by atoms with Gasteiger partial charge in [-0.15, -0.1) is 0 Å². The second-order valence-electron chi connectivity index (χ2n) is 5.24. The fourth-order valence-corrected chi connectivity index (χ4v) is 2.74. The van der Waals surface area contributed by atoms with E-state index in [2.05, 4.69) is 0 Å². The molecule has 0 amide bonds. The molecule has 3 rings (SSSR count). The third-order valence-electron chi connectivity index (χ3n) is 4.14. The molecule has 1 spiro atoms. The van der Waals surface area contributed by atoms with Gasteiger partial charge in [0, 0.05) is 18.4 Å². The van der Waals surface area contributed by atoms with Crippen LogP contribution in [0.3, 0.4) is 0 Å². The predicted octanol–water partition coefficient (Wildman–Crippen LogP) is 1.08. The third kappa shape index (κ3) is 1.48. The molecule has 1 N–H and O–H groups in total. The molecule has 1 aromatic rings. The fourth-order valence-electron chi connectivity index (χ4n) is 2.74. The maximum atomic E-state index is 10.1. The Morgan fingerprint density at radius 2 is 1.50 bits per heavy atom. The van der Waals surface area contributed by atoms with E-state index < -0.39 is 0 Å². The first-order valence-corrected chi connectivity index (χ1v) is 6.40. The van der Waals surface area contributed by atoms with Crippen molar-refractivity contribution in [3.8, 4) is 5.75 Å². The van der Waals surface area contributed by atoms with Gasteiger partial charge in [0.1, 0.15) is 5.75 Å². The predicted molar refractivity (Wildman–Crippen MR) is 67.4 cm³/mol. The van der Waals surface area contributed by atoms with E-state index in [1.54, 1.807) is 0 Å². The van der Waals surface area contributed by atoms with Crippen molar-refractivity contribution in [2.45, 2.75) is 39.3 Å². The summed E-state index contributed by atoms with van der Waals surface area (Å²) in [6.45, 7) is 7.28. The summed E-state index contributed by atoms with van der Waals surface area (Å²) < 4.78 is 5.39. The number of ether oxygens (including phenoxy) is 1. The number of rotatable bonds is 0. The second kappa shape index (κ2) is 3.79. The van der Waals surface area contributed by atoms with Crippen molar-refractivity contribution in [3.05, 3.63) is 27.4 Å². The van der Waals surface area contributed by atoms with Gasteiger partial charge >= 0.3 is 0 Å². The van der Waals surface area contributed by atoms with Crippen molar-refractivity contribution in [2.75, 3.05) is 13.2 Å². The molecule has 2 aliphatic rings. The summed E-state index contributed by atoms with van der Waals surface area (Å²) in [5.41, 5.74) is 2.46. The normalized spacial score (nSPS) is 20.4. The molecular weight excluding hydrogens is 228 g/mol. The highest BCUT2D eigenvalue weighted by atomic mass is 16.5. The summed E-state index contributed by atoms with van der Waals surface area (Å²) in [5, 5.41) is 11.9. The van der Waals surface area contributed by atoms with Crippen LogP contribution in [0.4, 0.5) is 0 Å². The molecule has 96 valence electrons. The molecule has 4 nitrogen and oxygen atoms in total. The third-order valence-corrected chi connectivity index (χ3v) is 4.14. The molecule has 1 aromatic carbocycles. The summed E-state index contributed by atoms with van der Waals surface area (Å²) in [6.07, 6.45) is 1.67. The number of aromatic hydroxyl groups is 1. The Morgan fingerprint density at radius 1 is 0.944 bits per heavy atom. The summed E-state index contributed by atoms with van der Waals surface area (Å²) in [7, 11) is 0. The molecular formula is C14H18N2O2. The van der Waals surface area contributed by atoms with E-state index >= 15 is 0 Å². The van der Waals surface area contributed by atoms with Crippen molar-refractivity contribution in [2.24, 2.45) is 9.98 Å². The average molecular weight is 246 g/mol.